The number of hydrogen-bond donors (Lipinski definition) is 2. The zero-order valence-corrected chi connectivity index (χ0v) is 16.6. The van der Waals surface area contributed by atoms with Crippen molar-refractivity contribution in [2.75, 3.05) is 13.1 Å². The molecule has 4 amide bonds. The molecule has 0 saturated carbocycles. The van der Waals surface area contributed by atoms with Crippen LogP contribution < -0.4 is 10.6 Å². The summed E-state index contributed by atoms with van der Waals surface area (Å²) in [5, 5.41) is 6.01. The molecule has 1 atom stereocenters. The molecule has 152 valence electrons. The van der Waals surface area contributed by atoms with Gasteiger partial charge in [0.2, 0.25) is 5.91 Å². The van der Waals surface area contributed by atoms with Crippen LogP contribution in [-0.4, -0.2) is 35.8 Å². The fourth-order valence-electron chi connectivity index (χ4n) is 3.34. The van der Waals surface area contributed by atoms with Crippen LogP contribution >= 0.6 is 11.6 Å². The van der Waals surface area contributed by atoms with Crippen LogP contribution in [0.1, 0.15) is 24.5 Å². The highest BCUT2D eigenvalue weighted by atomic mass is 35.5. The molecule has 2 aromatic rings. The highest BCUT2D eigenvalue weighted by Crippen LogP contribution is 2.32. The lowest BCUT2D eigenvalue weighted by atomic mass is 9.87. The minimum atomic E-state index is -1.30. The third-order valence-electron chi connectivity index (χ3n) is 4.99. The van der Waals surface area contributed by atoms with Gasteiger partial charge in [0.05, 0.1) is 0 Å². The van der Waals surface area contributed by atoms with E-state index >= 15 is 0 Å². The smallest absolute Gasteiger partial charge is 0.325 e. The number of carbonyl (C=O) groups is 3. The molecule has 8 heteroatoms. The summed E-state index contributed by atoms with van der Waals surface area (Å²) in [4.78, 5) is 38.5. The zero-order chi connectivity index (χ0) is 21.0. The van der Waals surface area contributed by atoms with Crippen molar-refractivity contribution in [2.24, 2.45) is 0 Å². The number of hydrogen-bond acceptors (Lipinski definition) is 3. The number of nitrogens with zero attached hydrogens (tertiary/aromatic N) is 1. The van der Waals surface area contributed by atoms with Gasteiger partial charge in [0.15, 0.2) is 0 Å². The summed E-state index contributed by atoms with van der Waals surface area (Å²) in [6, 6.07) is 12.0. The molecular weight excluding hydrogens is 397 g/mol. The molecule has 1 aliphatic heterocycles. The van der Waals surface area contributed by atoms with E-state index in [1.54, 1.807) is 19.1 Å². The van der Waals surface area contributed by atoms with Gasteiger partial charge in [-0.25, -0.2) is 9.18 Å². The van der Waals surface area contributed by atoms with E-state index in [1.165, 1.54) is 24.3 Å². The summed E-state index contributed by atoms with van der Waals surface area (Å²) >= 11 is 5.84. The van der Waals surface area contributed by atoms with Gasteiger partial charge in [0, 0.05) is 11.6 Å². The maximum Gasteiger partial charge on any atom is 0.325 e. The van der Waals surface area contributed by atoms with Crippen molar-refractivity contribution < 1.29 is 18.8 Å². The van der Waals surface area contributed by atoms with E-state index in [4.69, 9.17) is 11.6 Å². The number of halogens is 2. The monoisotopic (exact) mass is 417 g/mol. The van der Waals surface area contributed by atoms with Crippen molar-refractivity contribution in [3.05, 3.63) is 70.5 Å². The number of rotatable bonds is 7. The number of nitrogens with one attached hydrogen (secondary N) is 2. The van der Waals surface area contributed by atoms with Crippen LogP contribution in [0.4, 0.5) is 9.18 Å². The molecule has 1 heterocycles. The maximum atomic E-state index is 13.2. The summed E-state index contributed by atoms with van der Waals surface area (Å²) in [7, 11) is 0. The van der Waals surface area contributed by atoms with E-state index < -0.39 is 29.2 Å². The predicted molar refractivity (Wildman–Crippen MR) is 107 cm³/mol. The Morgan fingerprint density at radius 1 is 1.14 bits per heavy atom. The number of urea groups is 1. The SMILES string of the molecule is CCC1(c2ccc(F)cc2)NC(=O)N(CC(=O)NCCc2ccc(Cl)cc2)C1=O. The molecule has 3 rings (SSSR count). The average molecular weight is 418 g/mol. The Labute approximate surface area is 173 Å². The molecule has 0 spiro atoms. The summed E-state index contributed by atoms with van der Waals surface area (Å²) in [5.74, 6) is -1.40. The molecule has 1 unspecified atom stereocenters. The van der Waals surface area contributed by atoms with Gasteiger partial charge in [-0.3, -0.25) is 14.5 Å². The first-order valence-corrected chi connectivity index (χ1v) is 9.65. The Kier molecular flexibility index (Phi) is 6.17. The molecule has 2 aromatic carbocycles. The van der Waals surface area contributed by atoms with Crippen LogP contribution in [0.15, 0.2) is 48.5 Å². The molecule has 1 fully saturated rings. The Bertz CT molecular complexity index is 918. The van der Waals surface area contributed by atoms with Gasteiger partial charge in [-0.15, -0.1) is 0 Å². The molecule has 1 saturated heterocycles. The number of imide groups is 1. The minimum absolute atomic E-state index is 0.276. The van der Waals surface area contributed by atoms with Crippen LogP contribution in [0.2, 0.25) is 5.02 Å². The molecule has 0 radical (unpaired) electrons. The van der Waals surface area contributed by atoms with Gasteiger partial charge in [-0.05, 0) is 48.2 Å². The second kappa shape index (κ2) is 8.61. The van der Waals surface area contributed by atoms with Crippen LogP contribution in [0.3, 0.4) is 0 Å². The molecule has 0 aliphatic carbocycles. The van der Waals surface area contributed by atoms with Crippen molar-refractivity contribution in [1.82, 2.24) is 15.5 Å². The number of benzene rings is 2. The van der Waals surface area contributed by atoms with Crippen LogP contribution in [0.25, 0.3) is 0 Å². The number of carbonyl (C=O) groups excluding carboxylic acids is 3. The minimum Gasteiger partial charge on any atom is -0.354 e. The second-order valence-electron chi connectivity index (χ2n) is 6.81. The van der Waals surface area contributed by atoms with Gasteiger partial charge in [-0.1, -0.05) is 42.8 Å². The highest BCUT2D eigenvalue weighted by Gasteiger charge is 2.51. The van der Waals surface area contributed by atoms with E-state index in [0.717, 1.165) is 10.5 Å². The van der Waals surface area contributed by atoms with E-state index in [2.05, 4.69) is 10.6 Å². The molecule has 1 aliphatic rings. The molecule has 2 N–H and O–H groups in total. The average Bonchev–Trinajstić information content (AvgIpc) is 2.95. The van der Waals surface area contributed by atoms with Crippen molar-refractivity contribution in [2.45, 2.75) is 25.3 Å². The summed E-state index contributed by atoms with van der Waals surface area (Å²) in [6.45, 7) is 1.73. The molecule has 6 nitrogen and oxygen atoms in total. The first-order chi connectivity index (χ1) is 13.9. The van der Waals surface area contributed by atoms with Gasteiger partial charge < -0.3 is 10.6 Å². The van der Waals surface area contributed by atoms with Crippen LogP contribution in [0, 0.1) is 5.82 Å². The quantitative estimate of drug-likeness (QED) is 0.680. The van der Waals surface area contributed by atoms with E-state index in [0.29, 0.717) is 23.6 Å². The van der Waals surface area contributed by atoms with Crippen LogP contribution in [-0.2, 0) is 21.5 Å². The fourth-order valence-corrected chi connectivity index (χ4v) is 3.47. The zero-order valence-electron chi connectivity index (χ0n) is 15.9. The summed E-state index contributed by atoms with van der Waals surface area (Å²) < 4.78 is 13.2. The number of amides is 4. The first-order valence-electron chi connectivity index (χ1n) is 9.27. The fraction of sp³-hybridized carbons (Fsp3) is 0.286. The first kappa shape index (κ1) is 20.8. The van der Waals surface area contributed by atoms with Crippen molar-refractivity contribution >= 4 is 29.4 Å². The lowest BCUT2D eigenvalue weighted by Gasteiger charge is -2.25. The van der Waals surface area contributed by atoms with E-state index in [9.17, 15) is 18.8 Å². The van der Waals surface area contributed by atoms with Gasteiger partial charge >= 0.3 is 6.03 Å². The Morgan fingerprint density at radius 3 is 2.41 bits per heavy atom. The Balaban J connectivity index is 1.62. The Morgan fingerprint density at radius 2 is 1.79 bits per heavy atom. The van der Waals surface area contributed by atoms with Crippen LogP contribution in [0.5, 0.6) is 0 Å². The predicted octanol–water partition coefficient (Wildman–Crippen LogP) is 3.00. The molecule has 0 bridgehead atoms. The van der Waals surface area contributed by atoms with Crippen molar-refractivity contribution in [3.63, 3.8) is 0 Å². The summed E-state index contributed by atoms with van der Waals surface area (Å²) in [6.07, 6.45) is 0.870. The second-order valence-corrected chi connectivity index (χ2v) is 7.25. The molecule has 0 aromatic heterocycles. The van der Waals surface area contributed by atoms with Gasteiger partial charge in [0.1, 0.15) is 17.9 Å². The van der Waals surface area contributed by atoms with Gasteiger partial charge in [0.25, 0.3) is 5.91 Å². The van der Waals surface area contributed by atoms with Gasteiger partial charge in [-0.2, -0.15) is 0 Å². The highest BCUT2D eigenvalue weighted by molar-refractivity contribution is 6.30. The molecule has 29 heavy (non-hydrogen) atoms. The topological polar surface area (TPSA) is 78.5 Å². The lowest BCUT2D eigenvalue weighted by molar-refractivity contribution is -0.135. The molecular formula is C21H21ClFN3O3. The largest absolute Gasteiger partial charge is 0.354 e. The standard InChI is InChI=1S/C21H21ClFN3O3/c1-2-21(15-5-9-17(23)10-6-15)19(28)26(20(29)25-21)13-18(27)24-12-11-14-3-7-16(22)8-4-14/h3-10H,2,11-13H2,1H3,(H,24,27)(H,25,29). The van der Waals surface area contributed by atoms with E-state index in [-0.39, 0.29) is 13.0 Å². The maximum absolute atomic E-state index is 13.2. The summed E-state index contributed by atoms with van der Waals surface area (Å²) in [5.41, 5.74) is 0.186. The third-order valence-corrected chi connectivity index (χ3v) is 5.25. The van der Waals surface area contributed by atoms with Crippen molar-refractivity contribution in [3.8, 4) is 0 Å². The lowest BCUT2D eigenvalue weighted by Crippen LogP contribution is -2.45. The van der Waals surface area contributed by atoms with E-state index in [1.807, 2.05) is 12.1 Å². The third kappa shape index (κ3) is 4.40. The normalized spacial score (nSPS) is 18.7. The Hall–Kier alpha value is -2.93. The van der Waals surface area contributed by atoms with Crippen molar-refractivity contribution in [1.29, 1.82) is 0 Å².